The SMILES string of the molecule is COP(=S)([S-])OC.COP(=S)([S-])OC.[Mn+2]. The van der Waals surface area contributed by atoms with Crippen LogP contribution in [-0.2, 0) is 83.3 Å². The molecule has 0 aromatic rings. The quantitative estimate of drug-likeness (QED) is 0.424. The van der Waals surface area contributed by atoms with Gasteiger partial charge in [0.1, 0.15) is 0 Å². The summed E-state index contributed by atoms with van der Waals surface area (Å²) in [5, 5.41) is 0. The van der Waals surface area contributed by atoms with Gasteiger partial charge in [0.2, 0.25) is 0 Å². The normalized spacial score (nSPS) is 11.1. The molecule has 1 radical (unpaired) electrons. The molecule has 0 saturated carbocycles. The van der Waals surface area contributed by atoms with Gasteiger partial charge in [0, 0.05) is 28.4 Å². The Hall–Kier alpha value is 2.36. The minimum atomic E-state index is -2.24. The maximum Gasteiger partial charge on any atom is 2.00 e. The van der Waals surface area contributed by atoms with E-state index in [1.54, 1.807) is 0 Å². The van der Waals surface area contributed by atoms with Gasteiger partial charge in [-0.25, -0.2) is 0 Å². The molecule has 0 unspecified atom stereocenters. The first-order chi connectivity index (χ1) is 6.24. The van der Waals surface area contributed by atoms with Gasteiger partial charge in [-0.2, -0.15) is 0 Å². The second-order valence-corrected chi connectivity index (χ2v) is 12.0. The monoisotopic (exact) mass is 369 g/mol. The van der Waals surface area contributed by atoms with Gasteiger partial charge in [-0.05, 0) is 0 Å². The van der Waals surface area contributed by atoms with Crippen LogP contribution in [0.2, 0.25) is 0 Å². The predicted octanol–water partition coefficient (Wildman–Crippen LogP) is 2.10. The summed E-state index contributed by atoms with van der Waals surface area (Å²) >= 11 is 18.5. The van der Waals surface area contributed by atoms with Crippen molar-refractivity contribution < 1.29 is 35.2 Å². The van der Waals surface area contributed by atoms with Crippen molar-refractivity contribution in [2.45, 2.75) is 0 Å². The standard InChI is InChI=1S/2C2H7O2PS2.Mn/c2*1-3-5(6,7)4-2;/h2*1-2H3,(H,6,7);/q;;+2/p-2. The first-order valence-corrected chi connectivity index (χ1v) is 10.4. The Morgan fingerprint density at radius 2 is 0.867 bits per heavy atom. The van der Waals surface area contributed by atoms with E-state index in [1.807, 2.05) is 0 Å². The third kappa shape index (κ3) is 16.4. The summed E-state index contributed by atoms with van der Waals surface area (Å²) in [6.07, 6.45) is 0. The van der Waals surface area contributed by atoms with Crippen LogP contribution in [0.1, 0.15) is 0 Å². The molecule has 11 heteroatoms. The van der Waals surface area contributed by atoms with Gasteiger partial charge >= 0.3 is 17.1 Å². The summed E-state index contributed by atoms with van der Waals surface area (Å²) in [6.45, 7) is 0. The van der Waals surface area contributed by atoms with E-state index in [4.69, 9.17) is 0 Å². The van der Waals surface area contributed by atoms with E-state index in [2.05, 4.69) is 66.2 Å². The molecule has 0 aliphatic rings. The Bertz CT molecular complexity index is 201. The average molecular weight is 369 g/mol. The van der Waals surface area contributed by atoms with E-state index in [-0.39, 0.29) is 17.1 Å². The average Bonchev–Trinajstić information content (AvgIpc) is 2.19. The summed E-state index contributed by atoms with van der Waals surface area (Å²) in [6, 6.07) is 0. The first-order valence-electron chi connectivity index (χ1n) is 3.09. The van der Waals surface area contributed by atoms with Crippen molar-refractivity contribution in [3.8, 4) is 0 Å². The molecule has 0 heterocycles. The molecule has 0 rings (SSSR count). The molecular weight excluding hydrogens is 357 g/mol. The van der Waals surface area contributed by atoms with Gasteiger partial charge in [0.25, 0.3) is 0 Å². The van der Waals surface area contributed by atoms with Crippen LogP contribution in [0.3, 0.4) is 0 Å². The van der Waals surface area contributed by atoms with Crippen molar-refractivity contribution in [3.05, 3.63) is 0 Å². The maximum atomic E-state index is 4.63. The van der Waals surface area contributed by atoms with Crippen molar-refractivity contribution in [2.75, 3.05) is 28.4 Å². The topological polar surface area (TPSA) is 36.9 Å². The van der Waals surface area contributed by atoms with Crippen LogP contribution in [0.5, 0.6) is 0 Å². The molecule has 0 saturated heterocycles. The molecule has 0 aliphatic heterocycles. The fourth-order valence-electron chi connectivity index (χ4n) is 0.149. The number of hydrogen-bond acceptors (Lipinski definition) is 8. The summed E-state index contributed by atoms with van der Waals surface area (Å²) in [7, 11) is 5.82. The fourth-order valence-corrected chi connectivity index (χ4v) is 0.447. The van der Waals surface area contributed by atoms with Crippen molar-refractivity contribution >= 4 is 59.5 Å². The Morgan fingerprint density at radius 3 is 0.867 bits per heavy atom. The Kier molecular flexibility index (Phi) is 17.2. The van der Waals surface area contributed by atoms with Crippen molar-refractivity contribution in [2.24, 2.45) is 0 Å². The molecule has 0 bridgehead atoms. The third-order valence-electron chi connectivity index (χ3n) is 0.894. The Labute approximate surface area is 122 Å². The molecule has 93 valence electrons. The molecule has 0 fully saturated rings. The predicted molar refractivity (Wildman–Crippen MR) is 71.3 cm³/mol. The van der Waals surface area contributed by atoms with E-state index in [0.29, 0.717) is 0 Å². The van der Waals surface area contributed by atoms with Crippen LogP contribution in [0.25, 0.3) is 0 Å². The van der Waals surface area contributed by atoms with Gasteiger partial charge in [0.05, 0.1) is 11.4 Å². The van der Waals surface area contributed by atoms with Crippen LogP contribution in [0, 0.1) is 0 Å². The third-order valence-corrected chi connectivity index (χ3v) is 6.26. The van der Waals surface area contributed by atoms with Crippen molar-refractivity contribution in [1.29, 1.82) is 0 Å². The zero-order chi connectivity index (χ0) is 11.8. The minimum Gasteiger partial charge on any atom is -0.691 e. The maximum absolute atomic E-state index is 4.63. The molecule has 0 spiro atoms. The summed E-state index contributed by atoms with van der Waals surface area (Å²) < 4.78 is 18.4. The van der Waals surface area contributed by atoms with Crippen molar-refractivity contribution in [3.63, 3.8) is 0 Å². The molecule has 15 heavy (non-hydrogen) atoms. The summed E-state index contributed by atoms with van der Waals surface area (Å²) in [4.78, 5) is 0. The van der Waals surface area contributed by atoms with E-state index >= 15 is 0 Å². The van der Waals surface area contributed by atoms with Crippen LogP contribution >= 0.6 is 11.4 Å². The minimum absolute atomic E-state index is 0. The molecular formula is C4H12MnO4P2S4. The van der Waals surface area contributed by atoms with Crippen LogP contribution in [0.15, 0.2) is 0 Å². The van der Waals surface area contributed by atoms with E-state index in [9.17, 15) is 0 Å². The smallest absolute Gasteiger partial charge is 0.691 e. The zero-order valence-electron chi connectivity index (χ0n) is 8.54. The Morgan fingerprint density at radius 1 is 0.733 bits per heavy atom. The molecule has 0 aliphatic carbocycles. The zero-order valence-corrected chi connectivity index (χ0v) is 14.8. The molecule has 0 N–H and O–H groups in total. The van der Waals surface area contributed by atoms with Crippen LogP contribution in [-0.4, -0.2) is 28.4 Å². The van der Waals surface area contributed by atoms with Crippen LogP contribution in [0.4, 0.5) is 0 Å². The summed E-state index contributed by atoms with van der Waals surface area (Å²) in [5.74, 6) is 0. The Balaban J connectivity index is -0.000000180. The molecule has 4 nitrogen and oxygen atoms in total. The van der Waals surface area contributed by atoms with E-state index in [1.165, 1.54) is 28.4 Å². The largest absolute Gasteiger partial charge is 2.00 e. The van der Waals surface area contributed by atoms with E-state index in [0.717, 1.165) is 0 Å². The number of rotatable bonds is 4. The first kappa shape index (κ1) is 22.5. The second-order valence-electron chi connectivity index (χ2n) is 1.62. The number of hydrogen-bond donors (Lipinski definition) is 0. The van der Waals surface area contributed by atoms with Crippen molar-refractivity contribution in [1.82, 2.24) is 0 Å². The van der Waals surface area contributed by atoms with E-state index < -0.39 is 11.4 Å². The van der Waals surface area contributed by atoms with Gasteiger partial charge in [-0.3, -0.25) is 0 Å². The van der Waals surface area contributed by atoms with Gasteiger partial charge in [-0.15, -0.1) is 0 Å². The second kappa shape index (κ2) is 11.4. The van der Waals surface area contributed by atoms with Gasteiger partial charge < -0.3 is 42.6 Å². The fraction of sp³-hybridized carbons (Fsp3) is 1.00. The molecule has 0 aromatic carbocycles. The van der Waals surface area contributed by atoms with Gasteiger partial charge in [0.15, 0.2) is 0 Å². The molecule has 0 atom stereocenters. The van der Waals surface area contributed by atoms with Crippen LogP contribution < -0.4 is 0 Å². The summed E-state index contributed by atoms with van der Waals surface area (Å²) in [5.41, 5.74) is -4.48. The van der Waals surface area contributed by atoms with Gasteiger partial charge in [-0.1, -0.05) is 23.6 Å². The molecule has 0 amide bonds. The molecule has 0 aromatic heterocycles.